The van der Waals surface area contributed by atoms with Crippen LogP contribution in [0.25, 0.3) is 0 Å². The van der Waals surface area contributed by atoms with E-state index in [-0.39, 0.29) is 10.8 Å². The van der Waals surface area contributed by atoms with Crippen LogP contribution in [0, 0.1) is 6.92 Å². The van der Waals surface area contributed by atoms with Crippen LogP contribution < -0.4 is 4.72 Å². The molecular weight excluding hydrogens is 248 g/mol. The standard InChI is InChI=1S/C9H16N2O3S2/c1-7-10-6-8(15-7)16(13,14)11-9(2,3)4-5-12/h6,11-12H,4-5H2,1-3H3. The van der Waals surface area contributed by atoms with Crippen molar-refractivity contribution in [3.63, 3.8) is 0 Å². The van der Waals surface area contributed by atoms with Gasteiger partial charge in [-0.1, -0.05) is 0 Å². The van der Waals surface area contributed by atoms with Gasteiger partial charge in [0.05, 0.1) is 11.2 Å². The molecule has 1 aromatic rings. The smallest absolute Gasteiger partial charge is 0.252 e. The fourth-order valence-corrected chi connectivity index (χ4v) is 3.76. The molecule has 0 bridgehead atoms. The summed E-state index contributed by atoms with van der Waals surface area (Å²) in [6, 6.07) is 0. The van der Waals surface area contributed by atoms with Gasteiger partial charge in [0.25, 0.3) is 10.0 Å². The highest BCUT2D eigenvalue weighted by atomic mass is 32.2. The van der Waals surface area contributed by atoms with Crippen molar-refractivity contribution < 1.29 is 13.5 Å². The third kappa shape index (κ3) is 3.51. The monoisotopic (exact) mass is 264 g/mol. The molecule has 0 aromatic carbocycles. The van der Waals surface area contributed by atoms with E-state index in [1.807, 2.05) is 0 Å². The second-order valence-corrected chi connectivity index (χ2v) is 7.31. The molecule has 0 spiro atoms. The van der Waals surface area contributed by atoms with E-state index in [1.54, 1.807) is 20.8 Å². The summed E-state index contributed by atoms with van der Waals surface area (Å²) in [4.78, 5) is 3.91. The first-order valence-corrected chi connectivity index (χ1v) is 7.14. The fraction of sp³-hybridized carbons (Fsp3) is 0.667. The summed E-state index contributed by atoms with van der Waals surface area (Å²) in [5, 5.41) is 9.54. The molecule has 0 radical (unpaired) electrons. The predicted molar refractivity (Wildman–Crippen MR) is 63.0 cm³/mol. The Kier molecular flexibility index (Phi) is 4.06. The first-order valence-electron chi connectivity index (χ1n) is 4.84. The molecule has 5 nitrogen and oxygen atoms in total. The predicted octanol–water partition coefficient (Wildman–Crippen LogP) is 0.891. The van der Waals surface area contributed by atoms with E-state index in [4.69, 9.17) is 5.11 Å². The SMILES string of the molecule is Cc1ncc(S(=O)(=O)NC(C)(C)CCO)s1. The van der Waals surface area contributed by atoms with Gasteiger partial charge in [0.15, 0.2) is 4.21 Å². The van der Waals surface area contributed by atoms with E-state index in [2.05, 4.69) is 9.71 Å². The molecule has 0 unspecified atom stereocenters. The quantitative estimate of drug-likeness (QED) is 0.828. The summed E-state index contributed by atoms with van der Waals surface area (Å²) in [6.07, 6.45) is 1.71. The lowest BCUT2D eigenvalue weighted by atomic mass is 10.0. The van der Waals surface area contributed by atoms with E-state index in [0.717, 1.165) is 11.3 Å². The normalized spacial score (nSPS) is 13.0. The Morgan fingerprint density at radius 1 is 1.56 bits per heavy atom. The van der Waals surface area contributed by atoms with Crippen LogP contribution in [-0.2, 0) is 10.0 Å². The van der Waals surface area contributed by atoms with Crippen molar-refractivity contribution in [1.82, 2.24) is 9.71 Å². The van der Waals surface area contributed by atoms with Crippen LogP contribution in [0.4, 0.5) is 0 Å². The lowest BCUT2D eigenvalue weighted by Crippen LogP contribution is -2.43. The van der Waals surface area contributed by atoms with Crippen LogP contribution in [0.5, 0.6) is 0 Å². The lowest BCUT2D eigenvalue weighted by Gasteiger charge is -2.24. The maximum absolute atomic E-state index is 11.9. The number of aliphatic hydroxyl groups excluding tert-OH is 1. The summed E-state index contributed by atoms with van der Waals surface area (Å²) in [6.45, 7) is 5.16. The van der Waals surface area contributed by atoms with E-state index >= 15 is 0 Å². The van der Waals surface area contributed by atoms with Crippen LogP contribution in [-0.4, -0.2) is 30.7 Å². The Bertz CT molecular complexity index is 451. The molecular formula is C9H16N2O3S2. The first kappa shape index (κ1) is 13.6. The Balaban J connectivity index is 2.88. The molecule has 7 heteroatoms. The number of aromatic nitrogens is 1. The van der Waals surface area contributed by atoms with Gasteiger partial charge in [0.1, 0.15) is 0 Å². The Labute approximate surface area is 99.6 Å². The van der Waals surface area contributed by atoms with Gasteiger partial charge < -0.3 is 5.11 Å². The highest BCUT2D eigenvalue weighted by molar-refractivity contribution is 7.91. The van der Waals surface area contributed by atoms with Gasteiger partial charge in [0, 0.05) is 12.1 Å². The molecule has 1 heterocycles. The zero-order valence-electron chi connectivity index (χ0n) is 9.52. The van der Waals surface area contributed by atoms with Crippen LogP contribution in [0.15, 0.2) is 10.4 Å². The first-order chi connectivity index (χ1) is 7.27. The summed E-state index contributed by atoms with van der Waals surface area (Å²) in [5.41, 5.74) is -0.661. The molecule has 0 aliphatic rings. The molecule has 0 fully saturated rings. The van der Waals surface area contributed by atoms with Gasteiger partial charge >= 0.3 is 0 Å². The van der Waals surface area contributed by atoms with Gasteiger partial charge in [-0.3, -0.25) is 0 Å². The van der Waals surface area contributed by atoms with Gasteiger partial charge in [-0.05, 0) is 27.2 Å². The molecule has 1 aromatic heterocycles. The molecule has 1 rings (SSSR count). The Morgan fingerprint density at radius 3 is 2.62 bits per heavy atom. The molecule has 16 heavy (non-hydrogen) atoms. The van der Waals surface area contributed by atoms with E-state index in [0.29, 0.717) is 11.4 Å². The van der Waals surface area contributed by atoms with Crippen LogP contribution in [0.1, 0.15) is 25.3 Å². The van der Waals surface area contributed by atoms with Crippen LogP contribution in [0.3, 0.4) is 0 Å². The molecule has 0 aliphatic carbocycles. The zero-order chi connectivity index (χ0) is 12.4. The number of aliphatic hydroxyl groups is 1. The molecule has 0 amide bonds. The third-order valence-corrected chi connectivity index (χ3v) is 5.08. The average molecular weight is 264 g/mol. The molecule has 0 saturated carbocycles. The van der Waals surface area contributed by atoms with Gasteiger partial charge in [-0.25, -0.2) is 18.1 Å². The molecule has 0 aliphatic heterocycles. The van der Waals surface area contributed by atoms with Crippen molar-refractivity contribution in [2.45, 2.75) is 36.9 Å². The third-order valence-electron chi connectivity index (χ3n) is 2.01. The molecule has 92 valence electrons. The topological polar surface area (TPSA) is 79.3 Å². The van der Waals surface area contributed by atoms with Gasteiger partial charge in [0.2, 0.25) is 0 Å². The minimum Gasteiger partial charge on any atom is -0.396 e. The number of hydrogen-bond acceptors (Lipinski definition) is 5. The van der Waals surface area contributed by atoms with Crippen LogP contribution >= 0.6 is 11.3 Å². The highest BCUT2D eigenvalue weighted by Gasteiger charge is 2.26. The summed E-state index contributed by atoms with van der Waals surface area (Å²) < 4.78 is 26.6. The second-order valence-electron chi connectivity index (χ2n) is 4.16. The van der Waals surface area contributed by atoms with Crippen molar-refractivity contribution in [2.75, 3.05) is 6.61 Å². The number of thiazole rings is 1. The number of nitrogens with zero attached hydrogens (tertiary/aromatic N) is 1. The van der Waals surface area contributed by atoms with Crippen LogP contribution in [0.2, 0.25) is 0 Å². The zero-order valence-corrected chi connectivity index (χ0v) is 11.2. The van der Waals surface area contributed by atoms with Crippen molar-refractivity contribution >= 4 is 21.4 Å². The lowest BCUT2D eigenvalue weighted by molar-refractivity contribution is 0.246. The van der Waals surface area contributed by atoms with Crippen molar-refractivity contribution in [3.8, 4) is 0 Å². The maximum atomic E-state index is 11.9. The van der Waals surface area contributed by atoms with E-state index in [9.17, 15) is 8.42 Å². The summed E-state index contributed by atoms with van der Waals surface area (Å²) in [5.74, 6) is 0. The fourth-order valence-electron chi connectivity index (χ4n) is 1.21. The molecule has 2 N–H and O–H groups in total. The Morgan fingerprint density at radius 2 is 2.19 bits per heavy atom. The van der Waals surface area contributed by atoms with Gasteiger partial charge in [-0.2, -0.15) is 0 Å². The van der Waals surface area contributed by atoms with Gasteiger partial charge in [-0.15, -0.1) is 11.3 Å². The number of sulfonamides is 1. The molecule has 0 atom stereocenters. The minimum atomic E-state index is -3.52. The van der Waals surface area contributed by atoms with Crippen molar-refractivity contribution in [3.05, 3.63) is 11.2 Å². The number of aryl methyl sites for hydroxylation is 1. The minimum absolute atomic E-state index is 0.0583. The maximum Gasteiger partial charge on any atom is 0.252 e. The summed E-state index contributed by atoms with van der Waals surface area (Å²) in [7, 11) is -3.52. The van der Waals surface area contributed by atoms with E-state index in [1.165, 1.54) is 6.20 Å². The largest absolute Gasteiger partial charge is 0.396 e. The second kappa shape index (κ2) is 4.79. The average Bonchev–Trinajstić information content (AvgIpc) is 2.49. The summed E-state index contributed by atoms with van der Waals surface area (Å²) >= 11 is 1.13. The Hall–Kier alpha value is -0.500. The van der Waals surface area contributed by atoms with Crippen molar-refractivity contribution in [2.24, 2.45) is 0 Å². The highest BCUT2D eigenvalue weighted by Crippen LogP contribution is 2.20. The number of rotatable bonds is 5. The molecule has 0 saturated heterocycles. The number of nitrogens with one attached hydrogen (secondary N) is 1. The number of hydrogen-bond donors (Lipinski definition) is 2. The van der Waals surface area contributed by atoms with Crippen molar-refractivity contribution in [1.29, 1.82) is 0 Å². The van der Waals surface area contributed by atoms with E-state index < -0.39 is 15.6 Å².